The number of hydrogen-bond donors (Lipinski definition) is 4. The van der Waals surface area contributed by atoms with E-state index in [0.717, 1.165) is 17.8 Å². The van der Waals surface area contributed by atoms with Crippen LogP contribution in [-0.2, 0) is 11.3 Å². The summed E-state index contributed by atoms with van der Waals surface area (Å²) in [6.07, 6.45) is 2.03. The van der Waals surface area contributed by atoms with Gasteiger partial charge in [-0.05, 0) is 44.5 Å². The van der Waals surface area contributed by atoms with E-state index >= 15 is 0 Å². The molecule has 0 amide bonds. The minimum atomic E-state index is -1.21. The minimum Gasteiger partial charge on any atom is -0.504 e. The van der Waals surface area contributed by atoms with Crippen molar-refractivity contribution in [2.24, 2.45) is 0 Å². The van der Waals surface area contributed by atoms with Crippen LogP contribution in [0.25, 0.3) is 11.0 Å². The van der Waals surface area contributed by atoms with Crippen LogP contribution in [0.5, 0.6) is 17.2 Å². The summed E-state index contributed by atoms with van der Waals surface area (Å²) < 4.78 is 6.46. The molecule has 3 aromatic rings. The van der Waals surface area contributed by atoms with Crippen LogP contribution in [0.1, 0.15) is 46.7 Å². The third-order valence-electron chi connectivity index (χ3n) is 4.37. The van der Waals surface area contributed by atoms with Gasteiger partial charge in [0.25, 0.3) is 0 Å². The molecule has 0 spiro atoms. The van der Waals surface area contributed by atoms with Gasteiger partial charge in [0.15, 0.2) is 17.2 Å². The summed E-state index contributed by atoms with van der Waals surface area (Å²) in [5.74, 6) is -3.62. The molecule has 2 aromatic heterocycles. The smallest absolute Gasteiger partial charge is 0.341 e. The summed E-state index contributed by atoms with van der Waals surface area (Å²) in [6.45, 7) is 6.38. The number of aromatic hydroxyl groups is 3. The third-order valence-corrected chi connectivity index (χ3v) is 4.37. The fourth-order valence-electron chi connectivity index (χ4n) is 2.75. The molecule has 170 valence electrons. The van der Waals surface area contributed by atoms with Crippen LogP contribution < -0.4 is 5.43 Å². The lowest BCUT2D eigenvalue weighted by Crippen LogP contribution is -2.19. The summed E-state index contributed by atoms with van der Waals surface area (Å²) in [4.78, 5) is 38.5. The summed E-state index contributed by atoms with van der Waals surface area (Å²) >= 11 is 0. The molecule has 3 rings (SSSR count). The first kappa shape index (κ1) is 24.2. The number of ether oxygens (including phenoxy) is 1. The number of carboxylic acids is 1. The molecule has 0 bridgehead atoms. The van der Waals surface area contributed by atoms with Crippen molar-refractivity contribution in [1.82, 2.24) is 9.55 Å². The van der Waals surface area contributed by atoms with Crippen LogP contribution in [0.4, 0.5) is 0 Å². The maximum Gasteiger partial charge on any atom is 0.341 e. The highest BCUT2D eigenvalue weighted by molar-refractivity contribution is 5.92. The zero-order valence-corrected chi connectivity index (χ0v) is 17.8. The Morgan fingerprint density at radius 2 is 1.72 bits per heavy atom. The van der Waals surface area contributed by atoms with E-state index in [1.54, 1.807) is 16.7 Å². The molecule has 0 aliphatic rings. The first-order valence-corrected chi connectivity index (χ1v) is 9.76. The standard InChI is InChI=1S/C12H12N2O3.C10H12O5/c1-3-14-6-9(12(16)17)10(15)8-5-4-7(2)13-11(8)14;1-2-3-15-10(14)6-4-7(11)9(13)8(12)5-6/h4-6H,3H2,1-2H3,(H,16,17);4-5,11-13H,2-3H2,1H3. The number of phenols is 3. The maximum atomic E-state index is 11.9. The molecule has 10 nitrogen and oxygen atoms in total. The molecule has 0 aliphatic carbocycles. The van der Waals surface area contributed by atoms with Gasteiger partial charge in [0, 0.05) is 18.4 Å². The van der Waals surface area contributed by atoms with Gasteiger partial charge in [-0.15, -0.1) is 0 Å². The number of phenolic OH excluding ortho intramolecular Hbond substituents is 3. The number of nitrogens with zero attached hydrogens (tertiary/aromatic N) is 2. The normalized spacial score (nSPS) is 10.3. The molecule has 0 fully saturated rings. The van der Waals surface area contributed by atoms with E-state index in [2.05, 4.69) is 4.98 Å². The van der Waals surface area contributed by atoms with Gasteiger partial charge in [-0.1, -0.05) is 6.92 Å². The number of benzene rings is 1. The Balaban J connectivity index is 0.000000229. The molecule has 0 saturated heterocycles. The Labute approximate surface area is 183 Å². The highest BCUT2D eigenvalue weighted by Crippen LogP contribution is 2.35. The zero-order valence-electron chi connectivity index (χ0n) is 17.8. The molecular weight excluding hydrogens is 420 g/mol. The van der Waals surface area contributed by atoms with E-state index in [-0.39, 0.29) is 17.7 Å². The molecule has 4 N–H and O–H groups in total. The fourth-order valence-corrected chi connectivity index (χ4v) is 2.75. The lowest BCUT2D eigenvalue weighted by Gasteiger charge is -2.09. The molecule has 0 saturated carbocycles. The van der Waals surface area contributed by atoms with E-state index < -0.39 is 34.6 Å². The number of rotatable bonds is 5. The largest absolute Gasteiger partial charge is 0.504 e. The predicted octanol–water partition coefficient (Wildman–Crippen LogP) is 2.79. The highest BCUT2D eigenvalue weighted by atomic mass is 16.5. The zero-order chi connectivity index (χ0) is 24.0. The van der Waals surface area contributed by atoms with Crippen LogP contribution in [-0.4, -0.2) is 48.5 Å². The van der Waals surface area contributed by atoms with E-state index in [1.165, 1.54) is 6.20 Å². The van der Waals surface area contributed by atoms with Gasteiger partial charge in [0.05, 0.1) is 17.6 Å². The second-order valence-corrected chi connectivity index (χ2v) is 6.79. The van der Waals surface area contributed by atoms with Gasteiger partial charge >= 0.3 is 11.9 Å². The fraction of sp³-hybridized carbons (Fsp3) is 0.273. The number of aromatic carboxylic acids is 1. The molecule has 32 heavy (non-hydrogen) atoms. The van der Waals surface area contributed by atoms with Crippen molar-refractivity contribution in [2.45, 2.75) is 33.7 Å². The van der Waals surface area contributed by atoms with Crippen LogP contribution in [0.3, 0.4) is 0 Å². The molecule has 0 unspecified atom stereocenters. The van der Waals surface area contributed by atoms with E-state index in [9.17, 15) is 14.4 Å². The Hall–Kier alpha value is -4.08. The maximum absolute atomic E-state index is 11.9. The molecular formula is C22H24N2O8. The SMILES string of the molecule is CCCOC(=O)c1cc(O)c(O)c(O)c1.CCn1cc(C(=O)O)c(=O)c2ccc(C)nc21. The molecule has 0 radical (unpaired) electrons. The molecule has 0 atom stereocenters. The van der Waals surface area contributed by atoms with Gasteiger partial charge in [-0.25, -0.2) is 14.6 Å². The summed E-state index contributed by atoms with van der Waals surface area (Å²) in [6, 6.07) is 5.40. The number of carbonyl (C=O) groups is 2. The van der Waals surface area contributed by atoms with E-state index in [4.69, 9.17) is 25.2 Å². The Morgan fingerprint density at radius 1 is 1.09 bits per heavy atom. The molecule has 10 heteroatoms. The van der Waals surface area contributed by atoms with Crippen LogP contribution in [0.2, 0.25) is 0 Å². The second kappa shape index (κ2) is 10.3. The number of fused-ring (bicyclic) bond motifs is 1. The number of aromatic nitrogens is 2. The number of hydrogen-bond acceptors (Lipinski definition) is 8. The van der Waals surface area contributed by atoms with Crippen molar-refractivity contribution < 1.29 is 34.8 Å². The summed E-state index contributed by atoms with van der Waals surface area (Å²) in [5.41, 5.74) is 0.621. The Bertz CT molecular complexity index is 1190. The monoisotopic (exact) mass is 444 g/mol. The van der Waals surface area contributed by atoms with Gasteiger partial charge in [0.2, 0.25) is 5.43 Å². The second-order valence-electron chi connectivity index (χ2n) is 6.79. The molecule has 1 aromatic carbocycles. The highest BCUT2D eigenvalue weighted by Gasteiger charge is 2.15. The summed E-state index contributed by atoms with van der Waals surface area (Å²) in [7, 11) is 0. The average Bonchev–Trinajstić information content (AvgIpc) is 2.75. The summed E-state index contributed by atoms with van der Waals surface area (Å²) in [5, 5.41) is 36.6. The van der Waals surface area contributed by atoms with Crippen molar-refractivity contribution in [2.75, 3.05) is 6.61 Å². The predicted molar refractivity (Wildman–Crippen MR) is 115 cm³/mol. The van der Waals surface area contributed by atoms with Gasteiger partial charge in [0.1, 0.15) is 11.2 Å². The third kappa shape index (κ3) is 5.34. The van der Waals surface area contributed by atoms with Crippen molar-refractivity contribution in [3.05, 3.63) is 57.5 Å². The number of carbonyl (C=O) groups excluding carboxylic acids is 1. The van der Waals surface area contributed by atoms with E-state index in [0.29, 0.717) is 24.0 Å². The van der Waals surface area contributed by atoms with Crippen molar-refractivity contribution in [3.63, 3.8) is 0 Å². The van der Waals surface area contributed by atoms with Crippen LogP contribution in [0, 0.1) is 6.92 Å². The van der Waals surface area contributed by atoms with Crippen LogP contribution in [0.15, 0.2) is 35.3 Å². The minimum absolute atomic E-state index is 0.00347. The molecule has 2 heterocycles. The Kier molecular flexibility index (Phi) is 7.78. The lowest BCUT2D eigenvalue weighted by molar-refractivity contribution is 0.0503. The van der Waals surface area contributed by atoms with Gasteiger partial charge < -0.3 is 29.7 Å². The van der Waals surface area contributed by atoms with Crippen molar-refractivity contribution in [3.8, 4) is 17.2 Å². The van der Waals surface area contributed by atoms with Crippen molar-refractivity contribution >= 4 is 23.0 Å². The van der Waals surface area contributed by atoms with E-state index in [1.807, 2.05) is 20.8 Å². The number of carboxylic acid groups (broad SMARTS) is 1. The number of esters is 1. The van der Waals surface area contributed by atoms with Crippen LogP contribution >= 0.6 is 0 Å². The van der Waals surface area contributed by atoms with Gasteiger partial charge in [-0.3, -0.25) is 4.79 Å². The van der Waals surface area contributed by atoms with Crippen molar-refractivity contribution in [1.29, 1.82) is 0 Å². The number of aryl methyl sites for hydroxylation is 2. The quantitative estimate of drug-likeness (QED) is 0.343. The number of pyridine rings is 2. The van der Waals surface area contributed by atoms with Gasteiger partial charge in [-0.2, -0.15) is 0 Å². The molecule has 0 aliphatic heterocycles. The lowest BCUT2D eigenvalue weighted by atomic mass is 10.2. The first-order chi connectivity index (χ1) is 15.1. The average molecular weight is 444 g/mol. The Morgan fingerprint density at radius 3 is 2.25 bits per heavy atom. The topological polar surface area (TPSA) is 159 Å². The first-order valence-electron chi connectivity index (χ1n) is 9.76.